The minimum Gasteiger partial charge on any atom is -0.544 e. The summed E-state index contributed by atoms with van der Waals surface area (Å²) < 4.78 is 43.5. The highest BCUT2D eigenvalue weighted by molar-refractivity contribution is 6.74. The molecule has 0 saturated carbocycles. The molecular formula is C14H22F3NOSi. The van der Waals surface area contributed by atoms with E-state index < -0.39 is 20.5 Å². The molecule has 0 aliphatic rings. The van der Waals surface area contributed by atoms with Gasteiger partial charge in [0, 0.05) is 0 Å². The third-order valence-corrected chi connectivity index (χ3v) is 8.13. The first-order valence-corrected chi connectivity index (χ1v) is 9.37. The number of benzene rings is 1. The van der Waals surface area contributed by atoms with Crippen molar-refractivity contribution in [1.29, 1.82) is 0 Å². The number of rotatable bonds is 3. The van der Waals surface area contributed by atoms with Gasteiger partial charge < -0.3 is 10.2 Å². The van der Waals surface area contributed by atoms with Crippen molar-refractivity contribution in [3.8, 4) is 5.75 Å². The maximum atomic E-state index is 12.5. The van der Waals surface area contributed by atoms with Gasteiger partial charge in [-0.05, 0) is 35.8 Å². The normalized spacial score (nSPS) is 15.1. The first-order valence-electron chi connectivity index (χ1n) is 6.46. The van der Waals surface area contributed by atoms with Crippen LogP contribution in [0.5, 0.6) is 5.75 Å². The summed E-state index contributed by atoms with van der Waals surface area (Å²) in [5, 5.41) is 0.0358. The van der Waals surface area contributed by atoms with Crippen molar-refractivity contribution in [2.45, 2.75) is 51.1 Å². The molecule has 2 N–H and O–H groups in total. The van der Waals surface area contributed by atoms with E-state index in [4.69, 9.17) is 10.2 Å². The zero-order valence-corrected chi connectivity index (χ0v) is 13.5. The Balaban J connectivity index is 2.88. The first-order chi connectivity index (χ1) is 8.84. The summed E-state index contributed by atoms with van der Waals surface area (Å²) in [6.45, 7) is 10.5. The van der Waals surface area contributed by atoms with Crippen molar-refractivity contribution in [1.82, 2.24) is 0 Å². The Morgan fingerprint density at radius 2 is 1.50 bits per heavy atom. The molecule has 0 aromatic heterocycles. The molecule has 0 spiro atoms. The third kappa shape index (κ3) is 3.99. The summed E-state index contributed by atoms with van der Waals surface area (Å²) in [5.41, 5.74) is 5.20. The van der Waals surface area contributed by atoms with E-state index in [9.17, 15) is 13.2 Å². The average Bonchev–Trinajstić information content (AvgIpc) is 2.26. The zero-order valence-electron chi connectivity index (χ0n) is 12.5. The van der Waals surface area contributed by atoms with Crippen LogP contribution in [0.15, 0.2) is 24.3 Å². The van der Waals surface area contributed by atoms with E-state index in [-0.39, 0.29) is 10.6 Å². The van der Waals surface area contributed by atoms with Crippen LogP contribution in [-0.4, -0.2) is 14.5 Å². The Morgan fingerprint density at radius 3 is 1.85 bits per heavy atom. The topological polar surface area (TPSA) is 35.2 Å². The van der Waals surface area contributed by atoms with Gasteiger partial charge in [0.25, 0.3) is 0 Å². The number of hydrogen-bond acceptors (Lipinski definition) is 2. The molecule has 0 unspecified atom stereocenters. The highest BCUT2D eigenvalue weighted by Crippen LogP contribution is 2.38. The number of alkyl halides is 3. The molecule has 6 heteroatoms. The van der Waals surface area contributed by atoms with Crippen molar-refractivity contribution in [3.63, 3.8) is 0 Å². The van der Waals surface area contributed by atoms with Crippen LogP contribution in [0.2, 0.25) is 18.1 Å². The van der Waals surface area contributed by atoms with Crippen LogP contribution >= 0.6 is 0 Å². The molecule has 1 atom stereocenters. The number of halogens is 3. The van der Waals surface area contributed by atoms with Gasteiger partial charge in [-0.15, -0.1) is 0 Å². The molecule has 1 aromatic rings. The average molecular weight is 305 g/mol. The summed E-state index contributed by atoms with van der Waals surface area (Å²) in [6, 6.07) is 3.91. The van der Waals surface area contributed by atoms with Crippen molar-refractivity contribution in [3.05, 3.63) is 29.8 Å². The van der Waals surface area contributed by atoms with Crippen LogP contribution < -0.4 is 10.2 Å². The maximum absolute atomic E-state index is 12.5. The molecule has 20 heavy (non-hydrogen) atoms. The van der Waals surface area contributed by atoms with Crippen LogP contribution in [0.1, 0.15) is 32.4 Å². The van der Waals surface area contributed by atoms with Gasteiger partial charge in [0.1, 0.15) is 11.8 Å². The van der Waals surface area contributed by atoms with Crippen LogP contribution in [0, 0.1) is 0 Å². The highest BCUT2D eigenvalue weighted by atomic mass is 28.4. The molecule has 1 rings (SSSR count). The molecule has 0 aliphatic carbocycles. The van der Waals surface area contributed by atoms with E-state index in [1.807, 2.05) is 0 Å². The van der Waals surface area contributed by atoms with Gasteiger partial charge in [0.15, 0.2) is 0 Å². The smallest absolute Gasteiger partial charge is 0.407 e. The molecule has 2 nitrogen and oxygen atoms in total. The molecule has 0 radical (unpaired) electrons. The van der Waals surface area contributed by atoms with Gasteiger partial charge in [-0.2, -0.15) is 13.2 Å². The molecular weight excluding hydrogens is 283 g/mol. The van der Waals surface area contributed by atoms with Gasteiger partial charge in [-0.1, -0.05) is 32.9 Å². The van der Waals surface area contributed by atoms with Gasteiger partial charge in [0.2, 0.25) is 8.32 Å². The van der Waals surface area contributed by atoms with E-state index >= 15 is 0 Å². The number of hydrogen-bond donors (Lipinski definition) is 1. The third-order valence-electron chi connectivity index (χ3n) is 3.77. The van der Waals surface area contributed by atoms with E-state index in [1.54, 1.807) is 12.1 Å². The van der Waals surface area contributed by atoms with Gasteiger partial charge >= 0.3 is 6.18 Å². The van der Waals surface area contributed by atoms with E-state index in [0.717, 1.165) is 0 Å². The van der Waals surface area contributed by atoms with Crippen LogP contribution in [-0.2, 0) is 0 Å². The summed E-state index contributed by atoms with van der Waals surface area (Å²) in [6.07, 6.45) is -4.43. The van der Waals surface area contributed by atoms with E-state index in [2.05, 4.69) is 33.9 Å². The van der Waals surface area contributed by atoms with Crippen LogP contribution in [0.3, 0.4) is 0 Å². The lowest BCUT2D eigenvalue weighted by atomic mass is 10.1. The Kier molecular flexibility index (Phi) is 4.61. The van der Waals surface area contributed by atoms with Crippen LogP contribution in [0.25, 0.3) is 0 Å². The largest absolute Gasteiger partial charge is 0.544 e. The van der Waals surface area contributed by atoms with Crippen molar-refractivity contribution in [2.24, 2.45) is 5.73 Å². The van der Waals surface area contributed by atoms with Crippen molar-refractivity contribution < 1.29 is 17.6 Å². The second kappa shape index (κ2) is 5.41. The van der Waals surface area contributed by atoms with Gasteiger partial charge in [0.05, 0.1) is 0 Å². The summed E-state index contributed by atoms with van der Waals surface area (Å²) in [7, 11) is -1.98. The predicted octanol–water partition coefficient (Wildman–Crippen LogP) is 4.63. The van der Waals surface area contributed by atoms with Crippen molar-refractivity contribution >= 4 is 8.32 Å². The second-order valence-electron chi connectivity index (χ2n) is 6.45. The summed E-state index contributed by atoms with van der Waals surface area (Å²) >= 11 is 0. The first kappa shape index (κ1) is 17.0. The Bertz CT molecular complexity index is 449. The fourth-order valence-corrected chi connectivity index (χ4v) is 2.41. The fourth-order valence-electron chi connectivity index (χ4n) is 1.38. The molecule has 114 valence electrons. The molecule has 1 aromatic carbocycles. The summed E-state index contributed by atoms with van der Waals surface area (Å²) in [4.78, 5) is 0. The quantitative estimate of drug-likeness (QED) is 0.826. The molecule has 0 fully saturated rings. The Hall–Kier alpha value is -1.01. The van der Waals surface area contributed by atoms with E-state index in [1.165, 1.54) is 12.1 Å². The number of nitrogens with two attached hydrogens (primary N) is 1. The lowest BCUT2D eigenvalue weighted by molar-refractivity contribution is -0.149. The monoisotopic (exact) mass is 305 g/mol. The molecule has 0 amide bonds. The standard InChI is InChI=1S/C14H22F3NOSi/c1-13(2,3)20(4,5)19-11-8-6-10(7-9-11)12(18)14(15,16)17/h6-9,12H,18H2,1-5H3/t12-/m0/s1. The minimum absolute atomic E-state index is 0.0358. The Morgan fingerprint density at radius 1 is 1.05 bits per heavy atom. The maximum Gasteiger partial charge on any atom is 0.407 e. The molecule has 0 heterocycles. The lowest BCUT2D eigenvalue weighted by Gasteiger charge is -2.36. The SMILES string of the molecule is CC(C)(C)[Si](C)(C)Oc1ccc([C@H](N)C(F)(F)F)cc1. The lowest BCUT2D eigenvalue weighted by Crippen LogP contribution is -2.43. The summed E-state index contributed by atoms with van der Waals surface area (Å²) in [5.74, 6) is 0.592. The Labute approximate surface area is 119 Å². The van der Waals surface area contributed by atoms with Gasteiger partial charge in [-0.3, -0.25) is 0 Å². The predicted molar refractivity (Wildman–Crippen MR) is 77.3 cm³/mol. The van der Waals surface area contributed by atoms with Crippen molar-refractivity contribution in [2.75, 3.05) is 0 Å². The fraction of sp³-hybridized carbons (Fsp3) is 0.571. The molecule has 0 bridgehead atoms. The molecule has 0 saturated heterocycles. The minimum atomic E-state index is -4.43. The molecule has 0 aliphatic heterocycles. The van der Waals surface area contributed by atoms with Crippen LogP contribution in [0.4, 0.5) is 13.2 Å². The van der Waals surface area contributed by atoms with Gasteiger partial charge in [-0.25, -0.2) is 0 Å². The van der Waals surface area contributed by atoms with E-state index in [0.29, 0.717) is 5.75 Å². The zero-order chi connectivity index (χ0) is 15.8. The highest BCUT2D eigenvalue weighted by Gasteiger charge is 2.39. The second-order valence-corrected chi connectivity index (χ2v) is 11.2.